The Hall–Kier alpha value is -3.42. The van der Waals surface area contributed by atoms with E-state index in [4.69, 9.17) is 0 Å². The summed E-state index contributed by atoms with van der Waals surface area (Å²) in [5, 5.41) is 2.39. The van der Waals surface area contributed by atoms with Gasteiger partial charge in [0.05, 0.1) is 17.5 Å². The van der Waals surface area contributed by atoms with E-state index in [1.165, 1.54) is 12.1 Å². The van der Waals surface area contributed by atoms with Crippen LogP contribution in [0, 0.1) is 5.82 Å². The van der Waals surface area contributed by atoms with Crippen molar-refractivity contribution in [1.29, 1.82) is 0 Å². The molecule has 3 aromatic carbocycles. The highest BCUT2D eigenvalue weighted by atomic mass is 35.5. The van der Waals surface area contributed by atoms with Gasteiger partial charge in [0.25, 0.3) is 0 Å². The van der Waals surface area contributed by atoms with E-state index in [2.05, 4.69) is 44.3 Å². The first-order valence-corrected chi connectivity index (χ1v) is 14.2. The van der Waals surface area contributed by atoms with E-state index in [0.717, 1.165) is 62.3 Å². The van der Waals surface area contributed by atoms with E-state index in [-0.39, 0.29) is 29.9 Å². The second-order valence-electron chi connectivity index (χ2n) is 10.5. The van der Waals surface area contributed by atoms with Crippen LogP contribution in [-0.4, -0.2) is 65.0 Å². The van der Waals surface area contributed by atoms with Crippen molar-refractivity contribution in [2.24, 2.45) is 4.99 Å². The molecule has 2 heterocycles. The summed E-state index contributed by atoms with van der Waals surface area (Å²) < 4.78 is 13.2. The lowest BCUT2D eigenvalue weighted by Crippen LogP contribution is -2.56. The molecule has 3 aromatic rings. The maximum Gasteiger partial charge on any atom is 0.250 e. The van der Waals surface area contributed by atoms with E-state index in [9.17, 15) is 14.0 Å². The van der Waals surface area contributed by atoms with Gasteiger partial charge >= 0.3 is 0 Å². The van der Waals surface area contributed by atoms with E-state index in [1.54, 1.807) is 12.1 Å². The zero-order chi connectivity index (χ0) is 28.0. The quantitative estimate of drug-likeness (QED) is 0.156. The molecular weight excluding hydrogens is 559 g/mol. The molecule has 9 heteroatoms. The number of hydrogen-bond donors (Lipinski definition) is 0. The number of Topliss-reactive ketones (excluding diaryl/α,β-unsaturated/α-hetero) is 1. The smallest absolute Gasteiger partial charge is 0.250 e. The van der Waals surface area contributed by atoms with E-state index in [1.807, 2.05) is 47.4 Å². The third-order valence-electron chi connectivity index (χ3n) is 8.09. The van der Waals surface area contributed by atoms with Gasteiger partial charge in [-0.25, -0.2) is 4.39 Å². The molecule has 0 unspecified atom stereocenters. The number of hydrogen-bond acceptors (Lipinski definition) is 6. The van der Waals surface area contributed by atoms with Crippen molar-refractivity contribution in [2.75, 3.05) is 37.7 Å². The average molecular weight is 593 g/mol. The van der Waals surface area contributed by atoms with Gasteiger partial charge in [0.15, 0.2) is 5.78 Å². The Kier molecular flexibility index (Phi) is 10.4. The van der Waals surface area contributed by atoms with Crippen LogP contribution in [0.5, 0.6) is 0 Å². The Balaban J connectivity index is 0.00000387. The first-order valence-electron chi connectivity index (χ1n) is 13.8. The standard InChI is InChI=1S/C32H33FN4O2S.ClH/c33-27-12-10-26(11-13-27)30(38)7-4-19-35-21-17-32(18-22-35)31(39)36(24-37(32)29-5-2-1-3-6-29)20-16-25-8-14-28(15-9-25)34-23-40;/h1-3,5-6,8-15H,4,7,16-22,24H2;1H. The molecule has 1 spiro atoms. The molecule has 0 radical (unpaired) electrons. The number of likely N-dealkylation sites (tertiary alicyclic amines) is 1. The van der Waals surface area contributed by atoms with Crippen LogP contribution in [0.25, 0.3) is 0 Å². The molecule has 2 aliphatic rings. The second kappa shape index (κ2) is 14.0. The number of carbonyl (C=O) groups excluding carboxylic acids is 2. The summed E-state index contributed by atoms with van der Waals surface area (Å²) in [7, 11) is 0. The van der Waals surface area contributed by atoms with E-state index in [0.29, 0.717) is 25.2 Å². The normalized spacial score (nSPS) is 16.4. The largest absolute Gasteiger partial charge is 0.339 e. The molecule has 41 heavy (non-hydrogen) atoms. The number of benzene rings is 3. The van der Waals surface area contributed by atoms with E-state index >= 15 is 0 Å². The Morgan fingerprint density at radius 2 is 1.63 bits per heavy atom. The summed E-state index contributed by atoms with van der Waals surface area (Å²) in [6.07, 6.45) is 3.41. The topological polar surface area (TPSA) is 56.2 Å². The van der Waals surface area contributed by atoms with Crippen molar-refractivity contribution in [3.8, 4) is 0 Å². The van der Waals surface area contributed by atoms with Crippen LogP contribution in [-0.2, 0) is 11.2 Å². The molecule has 214 valence electrons. The molecule has 5 rings (SSSR count). The van der Waals surface area contributed by atoms with Gasteiger partial charge in [-0.05, 0) is 98.5 Å². The number of anilines is 1. The number of thiocarbonyl (C=S) groups is 1. The molecule has 0 bridgehead atoms. The third-order valence-corrected chi connectivity index (χ3v) is 8.18. The predicted octanol–water partition coefficient (Wildman–Crippen LogP) is 6.33. The minimum atomic E-state index is -0.556. The molecule has 2 saturated heterocycles. The number of rotatable bonds is 10. The molecule has 2 fully saturated rings. The number of halogens is 2. The lowest BCUT2D eigenvalue weighted by molar-refractivity contribution is -0.133. The maximum atomic E-state index is 14.0. The Labute approximate surface area is 252 Å². The minimum absolute atomic E-state index is 0. The minimum Gasteiger partial charge on any atom is -0.339 e. The molecule has 0 N–H and O–H groups in total. The molecular formula is C32H34ClFN4O2S. The Morgan fingerprint density at radius 3 is 2.29 bits per heavy atom. The van der Waals surface area contributed by atoms with Crippen molar-refractivity contribution in [3.63, 3.8) is 0 Å². The molecule has 6 nitrogen and oxygen atoms in total. The Bertz CT molecular complexity index is 1370. The zero-order valence-corrected chi connectivity index (χ0v) is 24.5. The summed E-state index contributed by atoms with van der Waals surface area (Å²) in [5.41, 5.74) is 2.98. The fourth-order valence-electron chi connectivity index (χ4n) is 5.82. The predicted molar refractivity (Wildman–Crippen MR) is 166 cm³/mol. The van der Waals surface area contributed by atoms with Crippen molar-refractivity contribution < 1.29 is 14.0 Å². The van der Waals surface area contributed by atoms with Crippen LogP contribution in [0.4, 0.5) is 15.8 Å². The summed E-state index contributed by atoms with van der Waals surface area (Å²) >= 11 is 4.68. The third kappa shape index (κ3) is 7.08. The summed E-state index contributed by atoms with van der Waals surface area (Å²) in [6, 6.07) is 23.8. The molecule has 0 atom stereocenters. The van der Waals surface area contributed by atoms with Gasteiger partial charge in [-0.3, -0.25) is 9.59 Å². The lowest BCUT2D eigenvalue weighted by Gasteiger charge is -2.43. The van der Waals surface area contributed by atoms with Crippen LogP contribution in [0.2, 0.25) is 0 Å². The van der Waals surface area contributed by atoms with Crippen LogP contribution in [0.3, 0.4) is 0 Å². The number of isothiocyanates is 1. The number of ketones is 1. The van der Waals surface area contributed by atoms with Crippen molar-refractivity contribution >= 4 is 52.9 Å². The van der Waals surface area contributed by atoms with E-state index < -0.39 is 5.54 Å². The summed E-state index contributed by atoms with van der Waals surface area (Å²) in [6.45, 7) is 3.62. The highest BCUT2D eigenvalue weighted by Gasteiger charge is 2.53. The first kappa shape index (κ1) is 30.5. The lowest BCUT2D eigenvalue weighted by atomic mass is 9.85. The molecule has 0 aromatic heterocycles. The second-order valence-corrected chi connectivity index (χ2v) is 10.7. The monoisotopic (exact) mass is 592 g/mol. The molecule has 2 aliphatic heterocycles. The van der Waals surface area contributed by atoms with Gasteiger partial charge in [0.1, 0.15) is 11.4 Å². The summed E-state index contributed by atoms with van der Waals surface area (Å²) in [5.74, 6) is -0.106. The summed E-state index contributed by atoms with van der Waals surface area (Å²) in [4.78, 5) is 37.1. The number of aliphatic imine (C=N–C) groups is 1. The SMILES string of the molecule is Cl.O=C(CCCN1CCC2(CC1)C(=O)N(CCc1ccc(N=C=S)cc1)CN2c1ccccc1)c1ccc(F)cc1. The highest BCUT2D eigenvalue weighted by molar-refractivity contribution is 7.78. The number of piperidine rings is 1. The van der Waals surface area contributed by atoms with Gasteiger partial charge in [-0.1, -0.05) is 30.3 Å². The van der Waals surface area contributed by atoms with Gasteiger partial charge in [-0.15, -0.1) is 12.4 Å². The van der Waals surface area contributed by atoms with Crippen molar-refractivity contribution in [2.45, 2.75) is 37.6 Å². The van der Waals surface area contributed by atoms with Gasteiger partial charge in [0, 0.05) is 37.3 Å². The van der Waals surface area contributed by atoms with Crippen LogP contribution in [0.15, 0.2) is 83.9 Å². The fourth-order valence-corrected chi connectivity index (χ4v) is 5.92. The maximum absolute atomic E-state index is 14.0. The van der Waals surface area contributed by atoms with Crippen LogP contribution in [0.1, 0.15) is 41.6 Å². The highest BCUT2D eigenvalue weighted by Crippen LogP contribution is 2.39. The molecule has 0 saturated carbocycles. The van der Waals surface area contributed by atoms with Gasteiger partial charge < -0.3 is 14.7 Å². The zero-order valence-electron chi connectivity index (χ0n) is 22.9. The number of para-hydroxylation sites is 1. The van der Waals surface area contributed by atoms with Crippen molar-refractivity contribution in [3.05, 3.63) is 95.8 Å². The first-order chi connectivity index (χ1) is 19.5. The van der Waals surface area contributed by atoms with Crippen LogP contribution >= 0.6 is 24.6 Å². The number of carbonyl (C=O) groups is 2. The number of nitrogens with zero attached hydrogens (tertiary/aromatic N) is 4. The number of amides is 1. The molecule has 1 amide bonds. The van der Waals surface area contributed by atoms with Gasteiger partial charge in [0.2, 0.25) is 5.91 Å². The average Bonchev–Trinajstić information content (AvgIpc) is 3.25. The van der Waals surface area contributed by atoms with Crippen LogP contribution < -0.4 is 4.90 Å². The fraction of sp³-hybridized carbons (Fsp3) is 0.344. The van der Waals surface area contributed by atoms with Crippen molar-refractivity contribution in [1.82, 2.24) is 9.80 Å². The Morgan fingerprint density at radius 1 is 0.951 bits per heavy atom. The molecule has 0 aliphatic carbocycles. The van der Waals surface area contributed by atoms with Gasteiger partial charge in [-0.2, -0.15) is 4.99 Å².